The van der Waals surface area contributed by atoms with Crippen molar-refractivity contribution in [2.75, 3.05) is 23.3 Å². The Morgan fingerprint density at radius 1 is 1.04 bits per heavy atom. The van der Waals surface area contributed by atoms with Crippen molar-refractivity contribution in [1.82, 2.24) is 9.97 Å². The number of aromatic nitrogens is 2. The predicted octanol–water partition coefficient (Wildman–Crippen LogP) is 4.49. The van der Waals surface area contributed by atoms with Gasteiger partial charge in [0.2, 0.25) is 0 Å². The molecule has 1 saturated heterocycles. The highest BCUT2D eigenvalue weighted by molar-refractivity contribution is 6.06. The van der Waals surface area contributed by atoms with E-state index in [1.54, 1.807) is 6.20 Å². The predicted molar refractivity (Wildman–Crippen MR) is 109 cm³/mol. The molecular weight excluding hydrogens is 336 g/mol. The number of hydrogen-bond donors (Lipinski definition) is 1. The smallest absolute Gasteiger partial charge is 0.257 e. The van der Waals surface area contributed by atoms with Crippen molar-refractivity contribution in [3.05, 3.63) is 59.4 Å². The minimum Gasteiger partial charge on any atom is -0.357 e. The first-order valence-electron chi connectivity index (χ1n) is 9.50. The number of pyridine rings is 2. The minimum absolute atomic E-state index is 0.157. The lowest BCUT2D eigenvalue weighted by molar-refractivity contribution is 0.102. The molecule has 5 heteroatoms. The first-order valence-corrected chi connectivity index (χ1v) is 9.50. The van der Waals surface area contributed by atoms with Crippen molar-refractivity contribution < 1.29 is 4.79 Å². The van der Waals surface area contributed by atoms with E-state index >= 15 is 0 Å². The summed E-state index contributed by atoms with van der Waals surface area (Å²) in [6.45, 7) is 6.02. The number of nitrogens with zero attached hydrogens (tertiary/aromatic N) is 3. The van der Waals surface area contributed by atoms with Gasteiger partial charge in [-0.25, -0.2) is 4.98 Å². The Labute approximate surface area is 159 Å². The first kappa shape index (κ1) is 17.5. The van der Waals surface area contributed by atoms with E-state index in [1.807, 2.05) is 50.2 Å². The fourth-order valence-electron chi connectivity index (χ4n) is 3.57. The van der Waals surface area contributed by atoms with E-state index in [4.69, 9.17) is 0 Å². The molecule has 0 unspecified atom stereocenters. The van der Waals surface area contributed by atoms with Gasteiger partial charge < -0.3 is 10.2 Å². The van der Waals surface area contributed by atoms with Gasteiger partial charge in [0.05, 0.1) is 28.7 Å². The van der Waals surface area contributed by atoms with Crippen LogP contribution in [0.1, 0.15) is 40.9 Å². The second-order valence-corrected chi connectivity index (χ2v) is 7.22. The maximum absolute atomic E-state index is 12.7. The topological polar surface area (TPSA) is 58.1 Å². The molecule has 1 fully saturated rings. The van der Waals surface area contributed by atoms with Crippen molar-refractivity contribution in [3.8, 4) is 0 Å². The van der Waals surface area contributed by atoms with Gasteiger partial charge in [0.25, 0.3) is 5.91 Å². The van der Waals surface area contributed by atoms with E-state index in [0.717, 1.165) is 41.1 Å². The summed E-state index contributed by atoms with van der Waals surface area (Å²) in [6, 6.07) is 11.9. The van der Waals surface area contributed by atoms with Crippen molar-refractivity contribution >= 4 is 28.3 Å². The Hall–Kier alpha value is -2.95. The third-order valence-electron chi connectivity index (χ3n) is 5.09. The van der Waals surface area contributed by atoms with E-state index in [0.29, 0.717) is 11.3 Å². The highest BCUT2D eigenvalue weighted by Crippen LogP contribution is 2.21. The molecule has 138 valence electrons. The number of aryl methyl sites for hydroxylation is 2. The molecule has 4 rings (SSSR count). The average molecular weight is 360 g/mol. The number of hydrogen-bond acceptors (Lipinski definition) is 4. The monoisotopic (exact) mass is 360 g/mol. The van der Waals surface area contributed by atoms with Crippen LogP contribution in [0, 0.1) is 13.8 Å². The molecule has 1 amide bonds. The molecule has 27 heavy (non-hydrogen) atoms. The van der Waals surface area contributed by atoms with Crippen molar-refractivity contribution in [3.63, 3.8) is 0 Å². The number of benzene rings is 1. The summed E-state index contributed by atoms with van der Waals surface area (Å²) in [7, 11) is 0. The minimum atomic E-state index is -0.157. The first-order chi connectivity index (χ1) is 13.1. The van der Waals surface area contributed by atoms with Crippen LogP contribution in [0.25, 0.3) is 10.9 Å². The molecular formula is C22H24N4O. The third kappa shape index (κ3) is 3.77. The molecule has 1 N–H and O–H groups in total. The molecule has 3 heterocycles. The largest absolute Gasteiger partial charge is 0.357 e. The van der Waals surface area contributed by atoms with Crippen LogP contribution >= 0.6 is 0 Å². The Bertz CT molecular complexity index is 976. The Morgan fingerprint density at radius 2 is 1.85 bits per heavy atom. The summed E-state index contributed by atoms with van der Waals surface area (Å²) in [4.78, 5) is 24.2. The Morgan fingerprint density at radius 3 is 2.59 bits per heavy atom. The van der Waals surface area contributed by atoms with Gasteiger partial charge in [-0.3, -0.25) is 9.78 Å². The number of amides is 1. The van der Waals surface area contributed by atoms with Crippen LogP contribution in [-0.4, -0.2) is 29.0 Å². The number of carbonyl (C=O) groups is 1. The van der Waals surface area contributed by atoms with E-state index in [9.17, 15) is 4.79 Å². The Kier molecular flexibility index (Phi) is 4.75. The maximum Gasteiger partial charge on any atom is 0.257 e. The van der Waals surface area contributed by atoms with Crippen LogP contribution in [-0.2, 0) is 0 Å². The fourth-order valence-corrected chi connectivity index (χ4v) is 3.57. The lowest BCUT2D eigenvalue weighted by Gasteiger charge is -2.27. The molecule has 0 atom stereocenters. The molecule has 2 aromatic heterocycles. The number of piperidine rings is 1. The highest BCUT2D eigenvalue weighted by atomic mass is 16.1. The molecule has 0 spiro atoms. The fraction of sp³-hybridized carbons (Fsp3) is 0.318. The second kappa shape index (κ2) is 7.35. The van der Waals surface area contributed by atoms with Gasteiger partial charge in [-0.2, -0.15) is 0 Å². The van der Waals surface area contributed by atoms with Crippen LogP contribution in [0.15, 0.2) is 42.6 Å². The molecule has 0 bridgehead atoms. The van der Waals surface area contributed by atoms with Crippen molar-refractivity contribution in [2.45, 2.75) is 33.1 Å². The summed E-state index contributed by atoms with van der Waals surface area (Å²) in [5, 5.41) is 3.91. The van der Waals surface area contributed by atoms with Crippen molar-refractivity contribution in [1.29, 1.82) is 0 Å². The van der Waals surface area contributed by atoms with E-state index < -0.39 is 0 Å². The summed E-state index contributed by atoms with van der Waals surface area (Å²) in [5.74, 6) is 0.821. The van der Waals surface area contributed by atoms with Crippen LogP contribution < -0.4 is 10.2 Å². The summed E-state index contributed by atoms with van der Waals surface area (Å²) >= 11 is 0. The van der Waals surface area contributed by atoms with Gasteiger partial charge in [-0.05, 0) is 62.9 Å². The lowest BCUT2D eigenvalue weighted by Crippen LogP contribution is -2.30. The third-order valence-corrected chi connectivity index (χ3v) is 5.09. The Balaban J connectivity index is 1.52. The van der Waals surface area contributed by atoms with Gasteiger partial charge in [-0.1, -0.05) is 12.1 Å². The second-order valence-electron chi connectivity index (χ2n) is 7.22. The maximum atomic E-state index is 12.7. The van der Waals surface area contributed by atoms with Crippen LogP contribution in [0.3, 0.4) is 0 Å². The summed E-state index contributed by atoms with van der Waals surface area (Å²) in [6.07, 6.45) is 5.46. The quantitative estimate of drug-likeness (QED) is 0.748. The summed E-state index contributed by atoms with van der Waals surface area (Å²) < 4.78 is 0. The zero-order valence-corrected chi connectivity index (χ0v) is 15.8. The zero-order valence-electron chi connectivity index (χ0n) is 15.8. The number of anilines is 2. The standard InChI is InChI=1S/C22H24N4O/c1-15-6-7-17-13-19(16(2)24-20(17)12-15)22(27)25-18-8-9-21(23-14-18)26-10-4-3-5-11-26/h6-9,12-14H,3-5,10-11H2,1-2H3,(H,25,27). The van der Waals surface area contributed by atoms with Gasteiger partial charge in [0.1, 0.15) is 5.82 Å². The number of fused-ring (bicyclic) bond motifs is 1. The molecule has 0 saturated carbocycles. The lowest BCUT2D eigenvalue weighted by atomic mass is 10.1. The van der Waals surface area contributed by atoms with Gasteiger partial charge >= 0.3 is 0 Å². The molecule has 0 aliphatic carbocycles. The van der Waals surface area contributed by atoms with Crippen LogP contribution in [0.4, 0.5) is 11.5 Å². The van der Waals surface area contributed by atoms with E-state index in [-0.39, 0.29) is 5.91 Å². The number of rotatable bonds is 3. The van der Waals surface area contributed by atoms with Crippen molar-refractivity contribution in [2.24, 2.45) is 0 Å². The van der Waals surface area contributed by atoms with Gasteiger partial charge in [-0.15, -0.1) is 0 Å². The van der Waals surface area contributed by atoms with E-state index in [1.165, 1.54) is 19.3 Å². The zero-order chi connectivity index (χ0) is 18.8. The molecule has 1 aromatic carbocycles. The van der Waals surface area contributed by atoms with Crippen LogP contribution in [0.5, 0.6) is 0 Å². The van der Waals surface area contributed by atoms with Gasteiger partial charge in [0.15, 0.2) is 0 Å². The molecule has 3 aromatic rings. The molecule has 5 nitrogen and oxygen atoms in total. The number of carbonyl (C=O) groups excluding carboxylic acids is 1. The highest BCUT2D eigenvalue weighted by Gasteiger charge is 2.14. The SMILES string of the molecule is Cc1ccc2cc(C(=O)Nc3ccc(N4CCCCC4)nc3)c(C)nc2c1. The van der Waals surface area contributed by atoms with E-state index in [2.05, 4.69) is 20.2 Å². The average Bonchev–Trinajstić information content (AvgIpc) is 2.68. The molecule has 1 aliphatic rings. The van der Waals surface area contributed by atoms with Gasteiger partial charge in [0, 0.05) is 18.5 Å². The molecule has 0 radical (unpaired) electrons. The molecule has 1 aliphatic heterocycles. The summed E-state index contributed by atoms with van der Waals surface area (Å²) in [5.41, 5.74) is 4.09. The van der Waals surface area contributed by atoms with Crippen LogP contribution in [0.2, 0.25) is 0 Å². The number of nitrogens with one attached hydrogen (secondary N) is 1. The normalized spacial score (nSPS) is 14.4.